The summed E-state index contributed by atoms with van der Waals surface area (Å²) in [4.78, 5) is 11.1. The van der Waals surface area contributed by atoms with Gasteiger partial charge in [-0.05, 0) is 17.7 Å². The van der Waals surface area contributed by atoms with Gasteiger partial charge in [0.05, 0.1) is 19.2 Å². The highest BCUT2D eigenvalue weighted by Crippen LogP contribution is 2.05. The van der Waals surface area contributed by atoms with Gasteiger partial charge in [0.1, 0.15) is 0 Å². The molecule has 0 aromatic heterocycles. The first-order valence-electron chi connectivity index (χ1n) is 4.59. The van der Waals surface area contributed by atoms with Gasteiger partial charge in [-0.15, -0.1) is 6.42 Å². The highest BCUT2D eigenvalue weighted by molar-refractivity contribution is 5.89. The Morgan fingerprint density at radius 2 is 2.13 bits per heavy atom. The van der Waals surface area contributed by atoms with Gasteiger partial charge >= 0.3 is 5.97 Å². The Kier molecular flexibility index (Phi) is 4.39. The summed E-state index contributed by atoms with van der Waals surface area (Å²) in [5, 5.41) is 3.06. The molecule has 0 fully saturated rings. The topological polar surface area (TPSA) is 38.3 Å². The van der Waals surface area contributed by atoms with Crippen molar-refractivity contribution in [2.24, 2.45) is 0 Å². The number of rotatable bonds is 4. The first-order chi connectivity index (χ1) is 7.27. The smallest absolute Gasteiger partial charge is 0.337 e. The van der Waals surface area contributed by atoms with Crippen molar-refractivity contribution in [3.63, 3.8) is 0 Å². The fourth-order valence-corrected chi connectivity index (χ4v) is 1.16. The number of terminal acetylenes is 1. The number of carbonyl (C=O) groups is 1. The van der Waals surface area contributed by atoms with Crippen LogP contribution in [-0.2, 0) is 11.3 Å². The molecule has 3 heteroatoms. The molecular weight excluding hydrogens is 190 g/mol. The first-order valence-corrected chi connectivity index (χ1v) is 4.59. The van der Waals surface area contributed by atoms with Gasteiger partial charge in [0.15, 0.2) is 0 Å². The van der Waals surface area contributed by atoms with Crippen molar-refractivity contribution in [1.29, 1.82) is 0 Å². The minimum Gasteiger partial charge on any atom is -0.465 e. The predicted octanol–water partition coefficient (Wildman–Crippen LogP) is 1.20. The second-order valence-corrected chi connectivity index (χ2v) is 3.00. The monoisotopic (exact) mass is 203 g/mol. The van der Waals surface area contributed by atoms with Crippen molar-refractivity contribution < 1.29 is 9.53 Å². The minimum atomic E-state index is -0.321. The minimum absolute atomic E-state index is 0.321. The second-order valence-electron chi connectivity index (χ2n) is 3.00. The zero-order chi connectivity index (χ0) is 11.1. The van der Waals surface area contributed by atoms with Crippen LogP contribution in [-0.4, -0.2) is 19.6 Å². The van der Waals surface area contributed by atoms with Crippen molar-refractivity contribution >= 4 is 5.97 Å². The van der Waals surface area contributed by atoms with E-state index in [2.05, 4.69) is 16.0 Å². The quantitative estimate of drug-likeness (QED) is 0.454. The van der Waals surface area contributed by atoms with Crippen LogP contribution in [0.3, 0.4) is 0 Å². The Morgan fingerprint density at radius 3 is 2.67 bits per heavy atom. The molecule has 0 aliphatic carbocycles. The molecule has 3 nitrogen and oxygen atoms in total. The molecule has 0 spiro atoms. The largest absolute Gasteiger partial charge is 0.465 e. The number of hydrogen-bond acceptors (Lipinski definition) is 3. The fraction of sp³-hybridized carbons (Fsp3) is 0.250. The van der Waals surface area contributed by atoms with Gasteiger partial charge in [0, 0.05) is 6.54 Å². The third-order valence-corrected chi connectivity index (χ3v) is 1.93. The Morgan fingerprint density at radius 1 is 1.47 bits per heavy atom. The van der Waals surface area contributed by atoms with Crippen LogP contribution in [0.5, 0.6) is 0 Å². The first kappa shape index (κ1) is 11.3. The summed E-state index contributed by atoms with van der Waals surface area (Å²) in [6, 6.07) is 7.21. The Balaban J connectivity index is 2.57. The lowest BCUT2D eigenvalue weighted by molar-refractivity contribution is 0.0600. The summed E-state index contributed by atoms with van der Waals surface area (Å²) >= 11 is 0. The van der Waals surface area contributed by atoms with Crippen molar-refractivity contribution in [2.75, 3.05) is 13.7 Å². The van der Waals surface area contributed by atoms with Crippen LogP contribution in [0.4, 0.5) is 0 Å². The highest BCUT2D eigenvalue weighted by atomic mass is 16.5. The van der Waals surface area contributed by atoms with E-state index in [0.717, 1.165) is 5.56 Å². The van der Waals surface area contributed by atoms with E-state index < -0.39 is 0 Å². The van der Waals surface area contributed by atoms with Gasteiger partial charge < -0.3 is 10.1 Å². The number of esters is 1. The molecule has 1 N–H and O–H groups in total. The molecule has 0 amide bonds. The SMILES string of the molecule is C#CCNCc1ccc(C(=O)OC)cc1. The highest BCUT2D eigenvalue weighted by Gasteiger charge is 2.03. The molecule has 15 heavy (non-hydrogen) atoms. The number of nitrogens with one attached hydrogen (secondary N) is 1. The molecule has 0 saturated heterocycles. The number of methoxy groups -OCH3 is 1. The van der Waals surface area contributed by atoms with Gasteiger partial charge in [0.2, 0.25) is 0 Å². The van der Waals surface area contributed by atoms with Crippen molar-refractivity contribution in [3.8, 4) is 12.3 Å². The Labute approximate surface area is 89.4 Å². The van der Waals surface area contributed by atoms with Crippen molar-refractivity contribution in [3.05, 3.63) is 35.4 Å². The fourth-order valence-electron chi connectivity index (χ4n) is 1.16. The number of benzene rings is 1. The lowest BCUT2D eigenvalue weighted by Crippen LogP contribution is -2.13. The van der Waals surface area contributed by atoms with Crippen LogP contribution in [0.25, 0.3) is 0 Å². The van der Waals surface area contributed by atoms with E-state index in [-0.39, 0.29) is 5.97 Å². The summed E-state index contributed by atoms with van der Waals surface area (Å²) < 4.78 is 4.59. The maximum absolute atomic E-state index is 11.1. The summed E-state index contributed by atoms with van der Waals surface area (Å²) in [5.41, 5.74) is 1.64. The third-order valence-electron chi connectivity index (χ3n) is 1.93. The lowest BCUT2D eigenvalue weighted by Gasteiger charge is -2.03. The lowest BCUT2D eigenvalue weighted by atomic mass is 10.1. The molecule has 0 heterocycles. The van der Waals surface area contributed by atoms with Gasteiger partial charge in [0.25, 0.3) is 0 Å². The standard InChI is InChI=1S/C12H13NO2/c1-3-8-13-9-10-4-6-11(7-5-10)12(14)15-2/h1,4-7,13H,8-9H2,2H3. The van der Waals surface area contributed by atoms with Gasteiger partial charge in [-0.25, -0.2) is 4.79 Å². The molecule has 0 aliphatic rings. The van der Waals surface area contributed by atoms with E-state index in [0.29, 0.717) is 18.7 Å². The average molecular weight is 203 g/mol. The molecule has 0 saturated carbocycles. The van der Waals surface area contributed by atoms with E-state index in [1.54, 1.807) is 12.1 Å². The van der Waals surface area contributed by atoms with Crippen LogP contribution < -0.4 is 5.32 Å². The van der Waals surface area contributed by atoms with E-state index >= 15 is 0 Å². The second kappa shape index (κ2) is 5.84. The van der Waals surface area contributed by atoms with Crippen LogP contribution in [0.1, 0.15) is 15.9 Å². The maximum Gasteiger partial charge on any atom is 0.337 e. The molecule has 0 bridgehead atoms. The summed E-state index contributed by atoms with van der Waals surface area (Å²) in [6.45, 7) is 1.24. The third kappa shape index (κ3) is 3.45. The molecule has 0 radical (unpaired) electrons. The molecule has 1 aromatic rings. The van der Waals surface area contributed by atoms with Crippen LogP contribution in [0.15, 0.2) is 24.3 Å². The van der Waals surface area contributed by atoms with Crippen LogP contribution in [0, 0.1) is 12.3 Å². The van der Waals surface area contributed by atoms with Crippen LogP contribution >= 0.6 is 0 Å². The molecule has 1 rings (SSSR count). The van der Waals surface area contributed by atoms with Gasteiger partial charge in [-0.3, -0.25) is 0 Å². The summed E-state index contributed by atoms with van der Waals surface area (Å²) in [6.07, 6.45) is 5.10. The summed E-state index contributed by atoms with van der Waals surface area (Å²) in [7, 11) is 1.37. The van der Waals surface area contributed by atoms with Gasteiger partial charge in [-0.2, -0.15) is 0 Å². The Bertz CT molecular complexity index is 362. The molecular formula is C12H13NO2. The summed E-state index contributed by atoms with van der Waals surface area (Å²) in [5.74, 6) is 2.17. The van der Waals surface area contributed by atoms with E-state index in [9.17, 15) is 4.79 Å². The van der Waals surface area contributed by atoms with E-state index in [1.807, 2.05) is 12.1 Å². The maximum atomic E-state index is 11.1. The predicted molar refractivity (Wildman–Crippen MR) is 58.3 cm³/mol. The zero-order valence-corrected chi connectivity index (χ0v) is 8.62. The number of hydrogen-bond donors (Lipinski definition) is 1. The normalized spacial score (nSPS) is 9.33. The number of ether oxygens (including phenoxy) is 1. The van der Waals surface area contributed by atoms with Crippen molar-refractivity contribution in [2.45, 2.75) is 6.54 Å². The zero-order valence-electron chi connectivity index (χ0n) is 8.62. The molecule has 0 aliphatic heterocycles. The van der Waals surface area contributed by atoms with E-state index in [1.165, 1.54) is 7.11 Å². The number of carbonyl (C=O) groups excluding carboxylic acids is 1. The van der Waals surface area contributed by atoms with E-state index in [4.69, 9.17) is 6.42 Å². The molecule has 0 unspecified atom stereocenters. The Hall–Kier alpha value is -1.79. The molecule has 0 atom stereocenters. The molecule has 1 aromatic carbocycles. The molecule has 78 valence electrons. The van der Waals surface area contributed by atoms with Crippen molar-refractivity contribution in [1.82, 2.24) is 5.32 Å². The average Bonchev–Trinajstić information content (AvgIpc) is 2.29. The van der Waals surface area contributed by atoms with Gasteiger partial charge in [-0.1, -0.05) is 18.1 Å². The van der Waals surface area contributed by atoms with Crippen LogP contribution in [0.2, 0.25) is 0 Å².